The molecule has 0 bridgehead atoms. The highest BCUT2D eigenvalue weighted by Gasteiger charge is 2.27. The average Bonchev–Trinajstić information content (AvgIpc) is 2.88. The van der Waals surface area contributed by atoms with Crippen LogP contribution in [-0.4, -0.2) is 22.7 Å². The number of aromatic amines is 1. The van der Waals surface area contributed by atoms with Crippen molar-refractivity contribution in [3.05, 3.63) is 40.3 Å². The molecule has 0 saturated heterocycles. The van der Waals surface area contributed by atoms with Crippen molar-refractivity contribution in [2.45, 2.75) is 83.8 Å². The number of nitrogens with one attached hydrogen (secondary N) is 2. The van der Waals surface area contributed by atoms with Gasteiger partial charge < -0.3 is 15.0 Å². The quantitative estimate of drug-likeness (QED) is 0.590. The molecular formula is C25H30FN3O2. The Hall–Kier alpha value is -2.81. The van der Waals surface area contributed by atoms with Crippen molar-refractivity contribution in [2.24, 2.45) is 0 Å². The van der Waals surface area contributed by atoms with E-state index in [1.807, 2.05) is 20.8 Å². The Morgan fingerprint density at radius 1 is 1.29 bits per heavy atom. The molecule has 31 heavy (non-hydrogen) atoms. The van der Waals surface area contributed by atoms with Gasteiger partial charge >= 0.3 is 6.09 Å². The Balaban J connectivity index is 1.71. The first-order chi connectivity index (χ1) is 14.8. The van der Waals surface area contributed by atoms with Gasteiger partial charge in [-0.05, 0) is 82.9 Å². The summed E-state index contributed by atoms with van der Waals surface area (Å²) in [5.74, 6) is -0.362. The lowest BCUT2D eigenvalue weighted by Crippen LogP contribution is -2.40. The van der Waals surface area contributed by atoms with Crippen LogP contribution in [0.15, 0.2) is 12.1 Å². The molecule has 1 unspecified atom stereocenters. The summed E-state index contributed by atoms with van der Waals surface area (Å²) in [7, 11) is 0. The van der Waals surface area contributed by atoms with Crippen LogP contribution in [0.4, 0.5) is 9.18 Å². The van der Waals surface area contributed by atoms with Crippen LogP contribution in [0.25, 0.3) is 16.5 Å². The van der Waals surface area contributed by atoms with Gasteiger partial charge in [0.15, 0.2) is 0 Å². The second-order valence-electron chi connectivity index (χ2n) is 9.64. The van der Waals surface area contributed by atoms with Crippen molar-refractivity contribution in [1.82, 2.24) is 10.3 Å². The van der Waals surface area contributed by atoms with Crippen molar-refractivity contribution in [1.29, 1.82) is 5.26 Å². The summed E-state index contributed by atoms with van der Waals surface area (Å²) < 4.78 is 20.8. The van der Waals surface area contributed by atoms with E-state index in [-0.39, 0.29) is 11.9 Å². The van der Waals surface area contributed by atoms with Gasteiger partial charge in [0.2, 0.25) is 0 Å². The third-order valence-corrected chi connectivity index (χ3v) is 6.11. The number of ether oxygens (including phenoxy) is 1. The zero-order valence-electron chi connectivity index (χ0n) is 18.5. The number of benzene rings is 1. The monoisotopic (exact) mass is 423 g/mol. The zero-order valence-corrected chi connectivity index (χ0v) is 18.5. The smallest absolute Gasteiger partial charge is 0.407 e. The van der Waals surface area contributed by atoms with Crippen LogP contribution in [0, 0.1) is 17.1 Å². The molecule has 0 saturated carbocycles. The summed E-state index contributed by atoms with van der Waals surface area (Å²) in [6.07, 6.45) is 8.86. The number of H-pyrrole nitrogens is 1. The molecule has 2 aromatic rings. The molecule has 1 aromatic carbocycles. The Morgan fingerprint density at radius 3 is 2.81 bits per heavy atom. The minimum absolute atomic E-state index is 0.113. The van der Waals surface area contributed by atoms with E-state index >= 15 is 4.39 Å². The van der Waals surface area contributed by atoms with Crippen molar-refractivity contribution < 1.29 is 13.9 Å². The van der Waals surface area contributed by atoms with Gasteiger partial charge in [-0.3, -0.25) is 0 Å². The van der Waals surface area contributed by atoms with Crippen LogP contribution >= 0.6 is 0 Å². The van der Waals surface area contributed by atoms with Crippen molar-refractivity contribution in [3.8, 4) is 6.07 Å². The molecule has 6 heteroatoms. The second-order valence-corrected chi connectivity index (χ2v) is 9.64. The van der Waals surface area contributed by atoms with E-state index in [2.05, 4.69) is 22.4 Å². The third-order valence-electron chi connectivity index (χ3n) is 6.11. The molecule has 2 aliphatic rings. The first-order valence-electron chi connectivity index (χ1n) is 11.2. The Kier molecular flexibility index (Phi) is 5.79. The van der Waals surface area contributed by atoms with Crippen LogP contribution in [0.2, 0.25) is 0 Å². The highest BCUT2D eigenvalue weighted by Crippen LogP contribution is 2.40. The molecule has 2 N–H and O–H groups in total. The molecule has 0 spiro atoms. The summed E-state index contributed by atoms with van der Waals surface area (Å²) in [6.45, 7) is 5.50. The average molecular weight is 424 g/mol. The Morgan fingerprint density at radius 2 is 2.06 bits per heavy atom. The molecular weight excluding hydrogens is 393 g/mol. The maximum Gasteiger partial charge on any atom is 0.407 e. The van der Waals surface area contributed by atoms with Crippen LogP contribution in [0.5, 0.6) is 0 Å². The number of halogens is 1. The van der Waals surface area contributed by atoms with E-state index < -0.39 is 11.7 Å². The number of carbonyl (C=O) groups is 1. The number of fused-ring (bicyclic) bond motifs is 3. The normalized spacial score (nSPS) is 19.2. The van der Waals surface area contributed by atoms with Gasteiger partial charge in [-0.15, -0.1) is 0 Å². The number of nitrogens with zero attached hydrogens (tertiary/aromatic N) is 1. The van der Waals surface area contributed by atoms with E-state index in [1.165, 1.54) is 6.07 Å². The number of hydrogen-bond donors (Lipinski definition) is 2. The number of aromatic nitrogens is 1. The van der Waals surface area contributed by atoms with Crippen LogP contribution < -0.4 is 5.32 Å². The molecule has 1 heterocycles. The molecule has 1 aromatic heterocycles. The topological polar surface area (TPSA) is 77.9 Å². The number of aryl methyl sites for hydroxylation is 2. The van der Waals surface area contributed by atoms with Crippen LogP contribution in [0.3, 0.4) is 0 Å². The van der Waals surface area contributed by atoms with Gasteiger partial charge in [-0.1, -0.05) is 12.5 Å². The fraction of sp³-hybridized carbons (Fsp3) is 0.520. The standard InChI is InChI=1S/C25H30FN3O2/c1-25(2,3)31-24(30)28-17-9-7-8-15(12-17)21-19(26)13-16(14-27)23-22(21)18-10-5-4-6-11-20(18)29-23/h8,13,17,29H,4-7,9-12H2,1-3H3,(H,28,30). The van der Waals surface area contributed by atoms with E-state index in [0.29, 0.717) is 17.5 Å². The molecule has 1 atom stereocenters. The van der Waals surface area contributed by atoms with E-state index in [4.69, 9.17) is 4.74 Å². The van der Waals surface area contributed by atoms with Gasteiger partial charge in [0.05, 0.1) is 11.1 Å². The minimum Gasteiger partial charge on any atom is -0.444 e. The number of alkyl carbamates (subject to hydrolysis) is 1. The summed E-state index contributed by atoms with van der Waals surface area (Å²) in [6, 6.07) is 3.39. The first kappa shape index (κ1) is 21.4. The number of carbonyl (C=O) groups excluding carboxylic acids is 1. The number of rotatable bonds is 2. The Bertz CT molecular complexity index is 1090. The van der Waals surface area contributed by atoms with E-state index in [1.54, 1.807) is 0 Å². The summed E-state index contributed by atoms with van der Waals surface area (Å²) in [5.41, 5.74) is 4.30. The van der Waals surface area contributed by atoms with E-state index in [9.17, 15) is 10.1 Å². The van der Waals surface area contributed by atoms with Gasteiger partial charge in [0, 0.05) is 22.7 Å². The van der Waals surface area contributed by atoms with Crippen molar-refractivity contribution >= 4 is 22.6 Å². The number of hydrogen-bond acceptors (Lipinski definition) is 3. The largest absolute Gasteiger partial charge is 0.444 e. The predicted octanol–water partition coefficient (Wildman–Crippen LogP) is 5.91. The van der Waals surface area contributed by atoms with Gasteiger partial charge in [0.25, 0.3) is 0 Å². The van der Waals surface area contributed by atoms with Crippen molar-refractivity contribution in [2.75, 3.05) is 0 Å². The van der Waals surface area contributed by atoms with E-state index in [0.717, 1.165) is 72.7 Å². The van der Waals surface area contributed by atoms with Gasteiger partial charge in [0.1, 0.15) is 17.5 Å². The highest BCUT2D eigenvalue weighted by molar-refractivity contribution is 5.99. The van der Waals surface area contributed by atoms with Crippen LogP contribution in [-0.2, 0) is 17.6 Å². The first-order valence-corrected chi connectivity index (χ1v) is 11.2. The summed E-state index contributed by atoms with van der Waals surface area (Å²) in [4.78, 5) is 15.7. The maximum absolute atomic E-state index is 15.4. The lowest BCUT2D eigenvalue weighted by molar-refractivity contribution is 0.0502. The lowest BCUT2D eigenvalue weighted by atomic mass is 9.86. The fourth-order valence-corrected chi connectivity index (χ4v) is 4.84. The van der Waals surface area contributed by atoms with Crippen molar-refractivity contribution in [3.63, 3.8) is 0 Å². The molecule has 164 valence electrons. The number of nitriles is 1. The lowest BCUT2D eigenvalue weighted by Gasteiger charge is -2.27. The van der Waals surface area contributed by atoms with Gasteiger partial charge in [-0.25, -0.2) is 9.18 Å². The highest BCUT2D eigenvalue weighted by atomic mass is 19.1. The summed E-state index contributed by atoms with van der Waals surface area (Å²) >= 11 is 0. The summed E-state index contributed by atoms with van der Waals surface area (Å²) in [5, 5.41) is 13.4. The SMILES string of the molecule is CC(C)(C)OC(=O)NC1CCC=C(c2c(F)cc(C#N)c3[nH]c4c(c23)CCCCC4)C1. The van der Waals surface area contributed by atoms with Gasteiger partial charge in [-0.2, -0.15) is 5.26 Å². The molecule has 4 rings (SSSR count). The molecule has 0 aliphatic heterocycles. The Labute approximate surface area is 182 Å². The molecule has 0 fully saturated rings. The number of allylic oxidation sites excluding steroid dienone is 1. The fourth-order valence-electron chi connectivity index (χ4n) is 4.84. The maximum atomic E-state index is 15.4. The van der Waals surface area contributed by atoms with Crippen LogP contribution in [0.1, 0.15) is 81.7 Å². The third kappa shape index (κ3) is 4.46. The minimum atomic E-state index is -0.564. The second kappa shape index (κ2) is 8.37. The molecule has 5 nitrogen and oxygen atoms in total. The predicted molar refractivity (Wildman–Crippen MR) is 119 cm³/mol. The zero-order chi connectivity index (χ0) is 22.2. The molecule has 1 amide bonds. The molecule has 0 radical (unpaired) electrons. The molecule has 2 aliphatic carbocycles. The number of amides is 1.